The molecule has 0 radical (unpaired) electrons. The maximum atomic E-state index is 13.6. The molecule has 0 aliphatic carbocycles. The Kier molecular flexibility index (Phi) is 14.6. The summed E-state index contributed by atoms with van der Waals surface area (Å²) in [7, 11) is 0. The first-order chi connectivity index (χ1) is 20.5. The van der Waals surface area contributed by atoms with Crippen LogP contribution in [0.3, 0.4) is 0 Å². The number of amides is 4. The van der Waals surface area contributed by atoms with E-state index in [0.29, 0.717) is 25.8 Å². The normalized spacial score (nSPS) is 22.2. The minimum Gasteiger partial charge on any atom is -0.481 e. The third-order valence-electron chi connectivity index (χ3n) is 6.83. The van der Waals surface area contributed by atoms with Crippen LogP contribution in [0.2, 0.25) is 0 Å². The Bertz CT molecular complexity index is 1160. The molecule has 15 nitrogen and oxygen atoms in total. The molecule has 0 bridgehead atoms. The van der Waals surface area contributed by atoms with Gasteiger partial charge in [-0.15, -0.1) is 0 Å². The van der Waals surface area contributed by atoms with Crippen LogP contribution in [0.25, 0.3) is 0 Å². The molecule has 43 heavy (non-hydrogen) atoms. The van der Waals surface area contributed by atoms with E-state index in [2.05, 4.69) is 26.3 Å². The summed E-state index contributed by atoms with van der Waals surface area (Å²) >= 11 is 0. The molecule has 0 saturated carbocycles. The Labute approximate surface area is 249 Å². The number of guanidine groups is 1. The number of aliphatic imine (C=N–C) groups is 1. The molecule has 1 aromatic rings. The molecular weight excluding hydrogens is 560 g/mol. The van der Waals surface area contributed by atoms with E-state index >= 15 is 0 Å². The quantitative estimate of drug-likeness (QED) is 0.0744. The van der Waals surface area contributed by atoms with Crippen molar-refractivity contribution in [2.75, 3.05) is 19.6 Å². The summed E-state index contributed by atoms with van der Waals surface area (Å²) in [6, 6.07) is 5.31. The maximum absolute atomic E-state index is 13.6. The molecule has 1 unspecified atom stereocenters. The summed E-state index contributed by atoms with van der Waals surface area (Å²) in [5.41, 5.74) is 17.1. The van der Waals surface area contributed by atoms with Crippen LogP contribution in [0.15, 0.2) is 35.3 Å². The Morgan fingerprint density at radius 3 is 2.19 bits per heavy atom. The first-order valence-electron chi connectivity index (χ1n) is 14.2. The third kappa shape index (κ3) is 12.9. The van der Waals surface area contributed by atoms with E-state index in [1.54, 1.807) is 30.3 Å². The van der Waals surface area contributed by atoms with Crippen molar-refractivity contribution in [3.05, 3.63) is 35.9 Å². The summed E-state index contributed by atoms with van der Waals surface area (Å²) in [5, 5.41) is 19.4. The number of Topliss-reactive ketones (excluding diaryl/α,β-unsaturated/α-hetero) is 1. The van der Waals surface area contributed by atoms with Crippen LogP contribution in [0.4, 0.5) is 0 Å². The standard InChI is InChI=1S/C28H42N8O7/c29-11-5-4-9-19-22(37)14-18(13-17-7-2-1-3-8-17)25(41)36-21(15-24(39)40)26(42)33-16-23(38)34-20(27(43)35-19)10-6-12-32-28(30)31/h1-3,7-8,18-21H,4-6,9-16,29H2,(H,33,42)(H,34,38)(H,35,43)(H,36,41)(H,39,40)(H4,30,31,32)/t18-,19+,20?,21+/m0/s1. The number of unbranched alkanes of at least 4 members (excludes halogenated alkanes) is 1. The van der Waals surface area contributed by atoms with Gasteiger partial charge in [-0.2, -0.15) is 0 Å². The fourth-order valence-corrected chi connectivity index (χ4v) is 4.60. The van der Waals surface area contributed by atoms with E-state index in [1.807, 2.05) is 0 Å². The van der Waals surface area contributed by atoms with Gasteiger partial charge in [0.1, 0.15) is 12.1 Å². The van der Waals surface area contributed by atoms with Crippen LogP contribution in [-0.4, -0.2) is 84.2 Å². The second kappa shape index (κ2) is 18.1. The van der Waals surface area contributed by atoms with Gasteiger partial charge in [0.15, 0.2) is 11.7 Å². The number of carboxylic acid groups (broad SMARTS) is 1. The minimum atomic E-state index is -1.51. The first-order valence-corrected chi connectivity index (χ1v) is 14.2. The lowest BCUT2D eigenvalue weighted by molar-refractivity contribution is -0.141. The van der Waals surface area contributed by atoms with Crippen molar-refractivity contribution < 1.29 is 33.9 Å². The van der Waals surface area contributed by atoms with Crippen molar-refractivity contribution in [1.29, 1.82) is 0 Å². The summed E-state index contributed by atoms with van der Waals surface area (Å²) in [6.07, 6.45) is 0.864. The maximum Gasteiger partial charge on any atom is 0.305 e. The fourth-order valence-electron chi connectivity index (χ4n) is 4.60. The van der Waals surface area contributed by atoms with Gasteiger partial charge in [-0.05, 0) is 50.6 Å². The highest BCUT2D eigenvalue weighted by molar-refractivity contribution is 5.97. The van der Waals surface area contributed by atoms with E-state index in [-0.39, 0.29) is 38.2 Å². The number of carbonyl (C=O) groups excluding carboxylic acids is 5. The highest BCUT2D eigenvalue weighted by atomic mass is 16.4. The number of nitrogens with zero attached hydrogens (tertiary/aromatic N) is 1. The van der Waals surface area contributed by atoms with Gasteiger partial charge in [0.2, 0.25) is 23.6 Å². The van der Waals surface area contributed by atoms with Crippen LogP contribution in [-0.2, 0) is 35.2 Å². The molecule has 1 aliphatic heterocycles. The van der Waals surface area contributed by atoms with Gasteiger partial charge in [-0.1, -0.05) is 30.3 Å². The molecule has 1 saturated heterocycles. The van der Waals surface area contributed by atoms with E-state index < -0.39 is 72.4 Å². The number of rotatable bonds is 12. The molecule has 1 fully saturated rings. The zero-order valence-electron chi connectivity index (χ0n) is 24.1. The third-order valence-corrected chi connectivity index (χ3v) is 6.83. The van der Waals surface area contributed by atoms with E-state index in [0.717, 1.165) is 5.56 Å². The molecule has 15 heteroatoms. The number of ketones is 1. The van der Waals surface area contributed by atoms with Gasteiger partial charge in [0.05, 0.1) is 19.0 Å². The molecule has 1 aliphatic rings. The Morgan fingerprint density at radius 1 is 0.860 bits per heavy atom. The van der Waals surface area contributed by atoms with Crippen LogP contribution in [0.5, 0.6) is 0 Å². The molecule has 0 aromatic heterocycles. The monoisotopic (exact) mass is 602 g/mol. The Balaban J connectivity index is 2.44. The minimum absolute atomic E-state index is 0.115. The molecule has 0 spiro atoms. The molecule has 1 heterocycles. The number of nitrogens with two attached hydrogens (primary N) is 3. The number of benzene rings is 1. The predicted octanol–water partition coefficient (Wildman–Crippen LogP) is -1.95. The van der Waals surface area contributed by atoms with Gasteiger partial charge < -0.3 is 43.6 Å². The summed E-state index contributed by atoms with van der Waals surface area (Å²) in [5.74, 6) is -5.87. The summed E-state index contributed by atoms with van der Waals surface area (Å²) in [6.45, 7) is -0.0262. The zero-order valence-corrected chi connectivity index (χ0v) is 24.1. The van der Waals surface area contributed by atoms with E-state index in [4.69, 9.17) is 17.2 Å². The first kappa shape index (κ1) is 34.7. The number of hydrogen-bond donors (Lipinski definition) is 8. The molecular formula is C28H42N8O7. The largest absolute Gasteiger partial charge is 0.481 e. The predicted molar refractivity (Wildman–Crippen MR) is 157 cm³/mol. The smallest absolute Gasteiger partial charge is 0.305 e. The molecule has 11 N–H and O–H groups in total. The van der Waals surface area contributed by atoms with Crippen molar-refractivity contribution in [3.8, 4) is 0 Å². The van der Waals surface area contributed by atoms with Crippen LogP contribution in [0.1, 0.15) is 50.5 Å². The number of hydrogen-bond acceptors (Lipinski definition) is 8. The second-order valence-corrected chi connectivity index (χ2v) is 10.3. The number of carbonyl (C=O) groups is 6. The van der Waals surface area contributed by atoms with Crippen molar-refractivity contribution in [1.82, 2.24) is 21.3 Å². The van der Waals surface area contributed by atoms with Crippen molar-refractivity contribution >= 4 is 41.3 Å². The van der Waals surface area contributed by atoms with Crippen LogP contribution < -0.4 is 38.5 Å². The lowest BCUT2D eigenvalue weighted by Gasteiger charge is -2.24. The molecule has 2 rings (SSSR count). The van der Waals surface area contributed by atoms with Gasteiger partial charge in [0.25, 0.3) is 0 Å². The molecule has 4 atom stereocenters. The Morgan fingerprint density at radius 2 is 1.53 bits per heavy atom. The fraction of sp³-hybridized carbons (Fsp3) is 0.536. The molecule has 1 aromatic carbocycles. The summed E-state index contributed by atoms with van der Waals surface area (Å²) < 4.78 is 0. The van der Waals surface area contributed by atoms with Crippen molar-refractivity contribution in [3.63, 3.8) is 0 Å². The van der Waals surface area contributed by atoms with Crippen LogP contribution in [0, 0.1) is 5.92 Å². The SMILES string of the molecule is NCCCC[C@H]1NC(=O)C(CCCN=C(N)N)NC(=O)CNC(=O)[C@@H](CC(=O)O)NC(=O)[C@@H](Cc2ccccc2)CC1=O. The highest BCUT2D eigenvalue weighted by Gasteiger charge is 2.33. The molecule has 236 valence electrons. The van der Waals surface area contributed by atoms with Gasteiger partial charge in [0, 0.05) is 18.9 Å². The highest BCUT2D eigenvalue weighted by Crippen LogP contribution is 2.17. The van der Waals surface area contributed by atoms with E-state index in [9.17, 15) is 33.9 Å². The number of aliphatic carboxylic acids is 1. The Hall–Kier alpha value is -4.53. The second-order valence-electron chi connectivity index (χ2n) is 10.3. The number of nitrogens with one attached hydrogen (secondary N) is 4. The van der Waals surface area contributed by atoms with Crippen molar-refractivity contribution in [2.45, 2.75) is 69.5 Å². The lowest BCUT2D eigenvalue weighted by Crippen LogP contribution is -2.54. The lowest BCUT2D eigenvalue weighted by atomic mass is 9.89. The average Bonchev–Trinajstić information content (AvgIpc) is 2.95. The van der Waals surface area contributed by atoms with Crippen molar-refractivity contribution in [2.24, 2.45) is 28.1 Å². The van der Waals surface area contributed by atoms with Gasteiger partial charge >= 0.3 is 5.97 Å². The zero-order chi connectivity index (χ0) is 31.8. The van der Waals surface area contributed by atoms with E-state index in [1.165, 1.54) is 0 Å². The topological polar surface area (TPSA) is 261 Å². The van der Waals surface area contributed by atoms with Gasteiger partial charge in [-0.25, -0.2) is 0 Å². The molecule has 4 amide bonds. The summed E-state index contributed by atoms with van der Waals surface area (Å²) in [4.78, 5) is 81.4. The van der Waals surface area contributed by atoms with Gasteiger partial charge in [-0.3, -0.25) is 33.8 Å². The average molecular weight is 603 g/mol. The number of carboxylic acids is 1. The van der Waals surface area contributed by atoms with Crippen LogP contribution >= 0.6 is 0 Å².